The molecule has 0 saturated carbocycles. The average Bonchev–Trinajstić information content (AvgIpc) is 2.57. The van der Waals surface area contributed by atoms with Gasteiger partial charge in [0.1, 0.15) is 11.9 Å². The first-order chi connectivity index (χ1) is 12.1. The van der Waals surface area contributed by atoms with Gasteiger partial charge in [0.15, 0.2) is 0 Å². The summed E-state index contributed by atoms with van der Waals surface area (Å²) in [4.78, 5) is 0. The standard InChI is InChI=1S/C24H34NO/c1-8-20(17-25-19-12-10-9-11-13-19)26-22-15-14-18(23(2,3)4)16-21(22)24(5,6)7/h10-16,20,25H,8,17H2,1-7H3. The first-order valence-corrected chi connectivity index (χ1v) is 9.63. The zero-order valence-corrected chi connectivity index (χ0v) is 17.4. The van der Waals surface area contributed by atoms with Crippen molar-refractivity contribution in [3.63, 3.8) is 0 Å². The van der Waals surface area contributed by atoms with E-state index in [1.165, 1.54) is 11.1 Å². The first-order valence-electron chi connectivity index (χ1n) is 9.63. The number of nitrogens with one attached hydrogen (secondary N) is 1. The van der Waals surface area contributed by atoms with Crippen LogP contribution in [-0.4, -0.2) is 12.6 Å². The summed E-state index contributed by atoms with van der Waals surface area (Å²) < 4.78 is 6.44. The highest BCUT2D eigenvalue weighted by atomic mass is 16.5. The van der Waals surface area contributed by atoms with Crippen LogP contribution >= 0.6 is 0 Å². The molecular formula is C24H34NO. The SMILES string of the molecule is CCC(CNc1cc[c]cc1)Oc1ccc(C(C)(C)C)cc1C(C)(C)C. The van der Waals surface area contributed by atoms with Gasteiger partial charge in [0.05, 0.1) is 6.54 Å². The smallest absolute Gasteiger partial charge is 0.123 e. The summed E-state index contributed by atoms with van der Waals surface area (Å²) >= 11 is 0. The van der Waals surface area contributed by atoms with Gasteiger partial charge in [0, 0.05) is 5.69 Å². The van der Waals surface area contributed by atoms with Crippen LogP contribution in [0.3, 0.4) is 0 Å². The third kappa shape index (κ3) is 5.52. The average molecular weight is 353 g/mol. The van der Waals surface area contributed by atoms with E-state index in [0.717, 1.165) is 24.4 Å². The van der Waals surface area contributed by atoms with Crippen molar-refractivity contribution in [2.24, 2.45) is 0 Å². The predicted octanol–water partition coefficient (Wildman–Crippen LogP) is 6.35. The molecule has 2 rings (SSSR count). The van der Waals surface area contributed by atoms with Crippen molar-refractivity contribution in [2.75, 3.05) is 11.9 Å². The van der Waals surface area contributed by atoms with Gasteiger partial charge in [-0.3, -0.25) is 0 Å². The highest BCUT2D eigenvalue weighted by Crippen LogP contribution is 2.36. The molecule has 1 unspecified atom stereocenters. The fraction of sp³-hybridized carbons (Fsp3) is 0.500. The van der Waals surface area contributed by atoms with Gasteiger partial charge in [-0.1, -0.05) is 72.7 Å². The lowest BCUT2D eigenvalue weighted by molar-refractivity contribution is 0.205. The fourth-order valence-corrected chi connectivity index (χ4v) is 2.87. The molecule has 0 saturated heterocycles. The molecule has 141 valence electrons. The summed E-state index contributed by atoms with van der Waals surface area (Å²) in [5, 5.41) is 3.46. The molecule has 26 heavy (non-hydrogen) atoms. The minimum atomic E-state index is 0.0393. The molecule has 0 aromatic heterocycles. The predicted molar refractivity (Wildman–Crippen MR) is 112 cm³/mol. The van der Waals surface area contributed by atoms with Gasteiger partial charge < -0.3 is 10.1 Å². The van der Waals surface area contributed by atoms with Crippen LogP contribution in [0.15, 0.2) is 42.5 Å². The Bertz CT molecular complexity index is 692. The van der Waals surface area contributed by atoms with E-state index in [2.05, 4.69) is 78.0 Å². The maximum absolute atomic E-state index is 6.44. The van der Waals surface area contributed by atoms with Crippen LogP contribution < -0.4 is 10.1 Å². The highest BCUT2D eigenvalue weighted by molar-refractivity contribution is 5.44. The third-order valence-electron chi connectivity index (χ3n) is 4.65. The number of anilines is 1. The summed E-state index contributed by atoms with van der Waals surface area (Å²) in [6, 6.07) is 17.6. The Morgan fingerprint density at radius 3 is 2.15 bits per heavy atom. The molecule has 0 fully saturated rings. The highest BCUT2D eigenvalue weighted by Gasteiger charge is 2.24. The molecule has 0 bridgehead atoms. The van der Waals surface area contributed by atoms with Crippen LogP contribution in [0.5, 0.6) is 5.75 Å². The van der Waals surface area contributed by atoms with Gasteiger partial charge in [-0.25, -0.2) is 0 Å². The number of hydrogen-bond acceptors (Lipinski definition) is 2. The van der Waals surface area contributed by atoms with Crippen molar-refractivity contribution in [3.8, 4) is 5.75 Å². The van der Waals surface area contributed by atoms with E-state index < -0.39 is 0 Å². The largest absolute Gasteiger partial charge is 0.488 e. The lowest BCUT2D eigenvalue weighted by Crippen LogP contribution is -2.27. The summed E-state index contributed by atoms with van der Waals surface area (Å²) in [5.41, 5.74) is 3.90. The molecule has 0 spiro atoms. The molecule has 2 heteroatoms. The molecule has 0 amide bonds. The summed E-state index contributed by atoms with van der Waals surface area (Å²) in [7, 11) is 0. The fourth-order valence-electron chi connectivity index (χ4n) is 2.87. The Morgan fingerprint density at radius 2 is 1.62 bits per heavy atom. The van der Waals surface area contributed by atoms with E-state index in [9.17, 15) is 0 Å². The van der Waals surface area contributed by atoms with Crippen molar-refractivity contribution < 1.29 is 4.74 Å². The minimum Gasteiger partial charge on any atom is -0.488 e. The van der Waals surface area contributed by atoms with E-state index in [4.69, 9.17) is 4.74 Å². The van der Waals surface area contributed by atoms with Crippen LogP contribution in [-0.2, 0) is 10.8 Å². The lowest BCUT2D eigenvalue weighted by Gasteiger charge is -2.29. The molecule has 0 aliphatic carbocycles. The lowest BCUT2D eigenvalue weighted by atomic mass is 9.80. The van der Waals surface area contributed by atoms with Crippen LogP contribution in [0, 0.1) is 6.07 Å². The topological polar surface area (TPSA) is 21.3 Å². The monoisotopic (exact) mass is 352 g/mol. The van der Waals surface area contributed by atoms with Gasteiger partial charge >= 0.3 is 0 Å². The molecule has 1 atom stereocenters. The second kappa shape index (κ2) is 8.16. The van der Waals surface area contributed by atoms with Gasteiger partial charge in [-0.2, -0.15) is 0 Å². The number of ether oxygens (including phenoxy) is 1. The van der Waals surface area contributed by atoms with Crippen molar-refractivity contribution in [2.45, 2.75) is 71.8 Å². The van der Waals surface area contributed by atoms with Gasteiger partial charge in [0.25, 0.3) is 0 Å². The molecule has 2 aromatic rings. The Balaban J connectivity index is 2.20. The second-order valence-corrected chi connectivity index (χ2v) is 9.03. The maximum Gasteiger partial charge on any atom is 0.123 e. The van der Waals surface area contributed by atoms with Crippen LogP contribution in [0.1, 0.15) is 66.0 Å². The Hall–Kier alpha value is -1.96. The Kier molecular flexibility index (Phi) is 6.39. The number of benzene rings is 2. The number of rotatable bonds is 6. The first kappa shape index (κ1) is 20.4. The summed E-state index contributed by atoms with van der Waals surface area (Å²) in [5.74, 6) is 1.00. The van der Waals surface area contributed by atoms with Crippen molar-refractivity contribution in [1.29, 1.82) is 0 Å². The van der Waals surface area contributed by atoms with E-state index in [-0.39, 0.29) is 16.9 Å². The van der Waals surface area contributed by atoms with Crippen LogP contribution in [0.4, 0.5) is 5.69 Å². The molecular weight excluding hydrogens is 318 g/mol. The van der Waals surface area contributed by atoms with E-state index in [1.54, 1.807) is 0 Å². The Morgan fingerprint density at radius 1 is 0.962 bits per heavy atom. The normalized spacial score (nSPS) is 13.3. The molecule has 1 N–H and O–H groups in total. The van der Waals surface area contributed by atoms with Crippen LogP contribution in [0.25, 0.3) is 0 Å². The van der Waals surface area contributed by atoms with Crippen molar-refractivity contribution >= 4 is 5.69 Å². The zero-order chi connectivity index (χ0) is 19.4. The molecule has 0 aliphatic heterocycles. The maximum atomic E-state index is 6.44. The van der Waals surface area contributed by atoms with E-state index in [0.29, 0.717) is 0 Å². The van der Waals surface area contributed by atoms with Gasteiger partial charge in [0.2, 0.25) is 0 Å². The molecule has 0 aliphatic rings. The molecule has 1 radical (unpaired) electrons. The minimum absolute atomic E-state index is 0.0393. The van der Waals surface area contributed by atoms with Crippen molar-refractivity contribution in [3.05, 3.63) is 59.7 Å². The van der Waals surface area contributed by atoms with E-state index in [1.807, 2.05) is 24.3 Å². The number of hydrogen-bond donors (Lipinski definition) is 1. The van der Waals surface area contributed by atoms with Crippen LogP contribution in [0.2, 0.25) is 0 Å². The molecule has 0 heterocycles. The Labute approximate surface area is 160 Å². The quantitative estimate of drug-likeness (QED) is 0.654. The van der Waals surface area contributed by atoms with Gasteiger partial charge in [-0.15, -0.1) is 0 Å². The summed E-state index contributed by atoms with van der Waals surface area (Å²) in [6.45, 7) is 16.5. The third-order valence-corrected chi connectivity index (χ3v) is 4.65. The van der Waals surface area contributed by atoms with E-state index >= 15 is 0 Å². The van der Waals surface area contributed by atoms with Crippen molar-refractivity contribution in [1.82, 2.24) is 0 Å². The van der Waals surface area contributed by atoms with Gasteiger partial charge in [-0.05, 0) is 52.6 Å². The summed E-state index contributed by atoms with van der Waals surface area (Å²) in [6.07, 6.45) is 1.08. The zero-order valence-electron chi connectivity index (χ0n) is 17.4. The second-order valence-electron chi connectivity index (χ2n) is 9.03. The molecule has 2 nitrogen and oxygen atoms in total. The molecule has 2 aromatic carbocycles.